The highest BCUT2D eigenvalue weighted by Crippen LogP contribution is 2.31. The monoisotopic (exact) mass is 374 g/mol. The lowest BCUT2D eigenvalue weighted by Gasteiger charge is -2.36. The Bertz CT molecular complexity index is 930. The summed E-state index contributed by atoms with van der Waals surface area (Å²) in [6.45, 7) is 6.12. The summed E-state index contributed by atoms with van der Waals surface area (Å²) in [7, 11) is 0. The number of benzene rings is 1. The predicted octanol–water partition coefficient (Wildman–Crippen LogP) is 2.82. The summed E-state index contributed by atoms with van der Waals surface area (Å²) in [5.74, 6) is 1.61. The number of piperazine rings is 1. The molecule has 0 aliphatic carbocycles. The topological polar surface area (TPSA) is 57.2 Å². The molecule has 0 spiro atoms. The van der Waals surface area contributed by atoms with Crippen LogP contribution in [0.4, 0.5) is 11.5 Å². The van der Waals surface area contributed by atoms with Crippen molar-refractivity contribution < 1.29 is 0 Å². The van der Waals surface area contributed by atoms with E-state index in [4.69, 9.17) is 0 Å². The molecule has 0 radical (unpaired) electrons. The zero-order valence-electron chi connectivity index (χ0n) is 16.1. The molecular weight excluding hydrogens is 348 g/mol. The van der Waals surface area contributed by atoms with Gasteiger partial charge in [0.2, 0.25) is 0 Å². The molecule has 28 heavy (non-hydrogen) atoms. The Balaban J connectivity index is 1.34. The van der Waals surface area contributed by atoms with E-state index < -0.39 is 0 Å². The van der Waals surface area contributed by atoms with E-state index in [9.17, 15) is 0 Å². The Morgan fingerprint density at radius 3 is 2.46 bits per heavy atom. The Morgan fingerprint density at radius 2 is 1.68 bits per heavy atom. The molecule has 1 N–H and O–H groups in total. The summed E-state index contributed by atoms with van der Waals surface area (Å²) in [6, 6.07) is 12.8. The number of anilines is 2. The van der Waals surface area contributed by atoms with Crippen LogP contribution in [-0.4, -0.2) is 54.2 Å². The third-order valence-corrected chi connectivity index (χ3v) is 5.99. The minimum Gasteiger partial charge on any atom is -0.368 e. The summed E-state index contributed by atoms with van der Waals surface area (Å²) in [4.78, 5) is 18.5. The zero-order valence-corrected chi connectivity index (χ0v) is 16.1. The second-order valence-electron chi connectivity index (χ2n) is 7.65. The number of hydrogen-bond donors (Lipinski definition) is 1. The van der Waals surface area contributed by atoms with Crippen molar-refractivity contribution in [1.82, 2.24) is 20.3 Å². The van der Waals surface area contributed by atoms with Gasteiger partial charge < -0.3 is 15.1 Å². The third kappa shape index (κ3) is 3.40. The van der Waals surface area contributed by atoms with E-state index in [-0.39, 0.29) is 0 Å². The molecular formula is C22H26N6. The molecule has 2 aromatic heterocycles. The number of nitrogens with one attached hydrogen (secondary N) is 1. The van der Waals surface area contributed by atoms with Crippen LogP contribution in [0.1, 0.15) is 24.5 Å². The van der Waals surface area contributed by atoms with Gasteiger partial charge in [0.1, 0.15) is 12.1 Å². The zero-order chi connectivity index (χ0) is 18.8. The SMILES string of the molecule is c1ccc(N2CCN(c3ccc4c(C5CCNCC5)ncnc4c3)CC2)nc1. The molecule has 2 aliphatic rings. The molecule has 0 bridgehead atoms. The first-order valence-electron chi connectivity index (χ1n) is 10.2. The number of hydrogen-bond acceptors (Lipinski definition) is 6. The maximum absolute atomic E-state index is 4.65. The highest BCUT2D eigenvalue weighted by atomic mass is 15.3. The third-order valence-electron chi connectivity index (χ3n) is 5.99. The standard InChI is InChI=1S/C22H26N6/c1-2-8-24-21(3-1)28-13-11-27(12-14-28)18-4-5-19-20(15-18)25-16-26-22(19)17-6-9-23-10-7-17/h1-5,8,15-17,23H,6-7,9-14H2. The van der Waals surface area contributed by atoms with Crippen LogP contribution in [0.2, 0.25) is 0 Å². The molecule has 2 aliphatic heterocycles. The van der Waals surface area contributed by atoms with E-state index >= 15 is 0 Å². The fourth-order valence-electron chi connectivity index (χ4n) is 4.42. The van der Waals surface area contributed by atoms with Crippen molar-refractivity contribution in [2.24, 2.45) is 0 Å². The second kappa shape index (κ2) is 7.72. The summed E-state index contributed by atoms with van der Waals surface area (Å²) in [6.07, 6.45) is 5.92. The smallest absolute Gasteiger partial charge is 0.128 e. The van der Waals surface area contributed by atoms with Gasteiger partial charge in [-0.15, -0.1) is 0 Å². The number of pyridine rings is 1. The number of piperidine rings is 1. The van der Waals surface area contributed by atoms with Crippen LogP contribution >= 0.6 is 0 Å². The molecule has 6 heteroatoms. The van der Waals surface area contributed by atoms with Gasteiger partial charge in [-0.2, -0.15) is 0 Å². The van der Waals surface area contributed by atoms with E-state index in [1.54, 1.807) is 6.33 Å². The van der Waals surface area contributed by atoms with E-state index in [0.717, 1.165) is 63.4 Å². The molecule has 144 valence electrons. The lowest BCUT2D eigenvalue weighted by atomic mass is 9.92. The number of fused-ring (bicyclic) bond motifs is 1. The maximum Gasteiger partial charge on any atom is 0.128 e. The Hall–Kier alpha value is -2.73. The first kappa shape index (κ1) is 17.4. The Kier molecular flexibility index (Phi) is 4.79. The number of aromatic nitrogens is 3. The first-order valence-corrected chi connectivity index (χ1v) is 10.2. The molecule has 3 aromatic rings. The van der Waals surface area contributed by atoms with Crippen molar-refractivity contribution in [3.05, 3.63) is 54.6 Å². The van der Waals surface area contributed by atoms with Crippen molar-refractivity contribution in [2.45, 2.75) is 18.8 Å². The minimum absolute atomic E-state index is 0.541. The van der Waals surface area contributed by atoms with E-state index in [0.29, 0.717) is 5.92 Å². The average Bonchev–Trinajstić information content (AvgIpc) is 2.79. The van der Waals surface area contributed by atoms with Gasteiger partial charge in [0.05, 0.1) is 11.2 Å². The van der Waals surface area contributed by atoms with Gasteiger partial charge in [-0.25, -0.2) is 15.0 Å². The van der Waals surface area contributed by atoms with Crippen molar-refractivity contribution >= 4 is 22.4 Å². The summed E-state index contributed by atoms with van der Waals surface area (Å²) < 4.78 is 0. The quantitative estimate of drug-likeness (QED) is 0.761. The maximum atomic E-state index is 4.65. The lowest BCUT2D eigenvalue weighted by molar-refractivity contribution is 0.455. The lowest BCUT2D eigenvalue weighted by Crippen LogP contribution is -2.46. The summed E-state index contributed by atoms with van der Waals surface area (Å²) in [5, 5.41) is 4.65. The van der Waals surface area contributed by atoms with E-state index in [1.807, 2.05) is 12.3 Å². The Morgan fingerprint density at radius 1 is 0.857 bits per heavy atom. The molecule has 0 saturated carbocycles. The van der Waals surface area contributed by atoms with Crippen molar-refractivity contribution in [3.63, 3.8) is 0 Å². The molecule has 1 aromatic carbocycles. The normalized spacial score (nSPS) is 18.6. The van der Waals surface area contributed by atoms with Crippen molar-refractivity contribution in [1.29, 1.82) is 0 Å². The first-order chi connectivity index (χ1) is 13.9. The van der Waals surface area contributed by atoms with Crippen LogP contribution in [0, 0.1) is 0 Å². The molecule has 4 heterocycles. The molecule has 0 atom stereocenters. The Labute approximate surface area is 165 Å². The molecule has 0 amide bonds. The number of nitrogens with zero attached hydrogens (tertiary/aromatic N) is 5. The van der Waals surface area contributed by atoms with Crippen molar-refractivity contribution in [2.75, 3.05) is 49.1 Å². The van der Waals surface area contributed by atoms with Gasteiger partial charge in [0, 0.05) is 49.4 Å². The number of rotatable bonds is 3. The van der Waals surface area contributed by atoms with Gasteiger partial charge >= 0.3 is 0 Å². The van der Waals surface area contributed by atoms with E-state index in [1.165, 1.54) is 16.8 Å². The van der Waals surface area contributed by atoms with Gasteiger partial charge in [0.15, 0.2) is 0 Å². The fourth-order valence-corrected chi connectivity index (χ4v) is 4.42. The van der Waals surface area contributed by atoms with E-state index in [2.05, 4.69) is 60.4 Å². The van der Waals surface area contributed by atoms with Crippen LogP contribution < -0.4 is 15.1 Å². The van der Waals surface area contributed by atoms with Crippen LogP contribution in [0.15, 0.2) is 48.9 Å². The highest BCUT2D eigenvalue weighted by molar-refractivity contribution is 5.84. The van der Waals surface area contributed by atoms with Crippen molar-refractivity contribution in [3.8, 4) is 0 Å². The summed E-state index contributed by atoms with van der Waals surface area (Å²) >= 11 is 0. The van der Waals surface area contributed by atoms with Crippen LogP contribution in [0.25, 0.3) is 10.9 Å². The van der Waals surface area contributed by atoms with Gasteiger partial charge in [-0.05, 0) is 56.3 Å². The molecule has 5 rings (SSSR count). The second-order valence-corrected chi connectivity index (χ2v) is 7.65. The van der Waals surface area contributed by atoms with Crippen LogP contribution in [-0.2, 0) is 0 Å². The van der Waals surface area contributed by atoms with Gasteiger partial charge in [0.25, 0.3) is 0 Å². The largest absolute Gasteiger partial charge is 0.368 e. The van der Waals surface area contributed by atoms with Gasteiger partial charge in [-0.1, -0.05) is 6.07 Å². The average molecular weight is 374 g/mol. The fraction of sp³-hybridized carbons (Fsp3) is 0.409. The molecule has 0 unspecified atom stereocenters. The highest BCUT2D eigenvalue weighted by Gasteiger charge is 2.21. The molecule has 6 nitrogen and oxygen atoms in total. The minimum atomic E-state index is 0.541. The van der Waals surface area contributed by atoms with Crippen LogP contribution in [0.3, 0.4) is 0 Å². The van der Waals surface area contributed by atoms with Crippen LogP contribution in [0.5, 0.6) is 0 Å². The summed E-state index contributed by atoms with van der Waals surface area (Å²) in [5.41, 5.74) is 3.54. The molecule has 2 fully saturated rings. The predicted molar refractivity (Wildman–Crippen MR) is 113 cm³/mol. The van der Waals surface area contributed by atoms with Gasteiger partial charge in [-0.3, -0.25) is 0 Å². The molecule has 2 saturated heterocycles.